The third-order valence-corrected chi connectivity index (χ3v) is 4.69. The van der Waals surface area contributed by atoms with Crippen molar-refractivity contribution in [2.24, 2.45) is 23.5 Å². The molecule has 2 saturated carbocycles. The Bertz CT molecular complexity index is 225. The lowest BCUT2D eigenvalue weighted by Crippen LogP contribution is -2.47. The van der Waals surface area contributed by atoms with Gasteiger partial charge >= 0.3 is 0 Å². The molecule has 2 fully saturated rings. The summed E-state index contributed by atoms with van der Waals surface area (Å²) in [5, 5.41) is 0. The van der Waals surface area contributed by atoms with E-state index in [1.807, 2.05) is 0 Å². The molecule has 3 unspecified atom stereocenters. The second kappa shape index (κ2) is 6.19. The quantitative estimate of drug-likeness (QED) is 0.771. The smallest absolute Gasteiger partial charge is 0.0138 e. The Morgan fingerprint density at radius 1 is 1.18 bits per heavy atom. The molecule has 2 aliphatic carbocycles. The minimum Gasteiger partial charge on any atom is -0.330 e. The maximum atomic E-state index is 5.99. The van der Waals surface area contributed by atoms with Crippen LogP contribution in [0.5, 0.6) is 0 Å². The van der Waals surface area contributed by atoms with Gasteiger partial charge in [0.25, 0.3) is 0 Å². The molecule has 0 aromatic heterocycles. The molecule has 2 N–H and O–H groups in total. The summed E-state index contributed by atoms with van der Waals surface area (Å²) in [6, 6.07) is 0.782. The first-order valence-electron chi connectivity index (χ1n) is 7.68. The highest BCUT2D eigenvalue weighted by atomic mass is 15.2. The molecule has 2 nitrogen and oxygen atoms in total. The molecule has 100 valence electrons. The van der Waals surface area contributed by atoms with E-state index in [1.54, 1.807) is 0 Å². The summed E-state index contributed by atoms with van der Waals surface area (Å²) in [7, 11) is 0. The van der Waals surface area contributed by atoms with E-state index in [-0.39, 0.29) is 0 Å². The van der Waals surface area contributed by atoms with Gasteiger partial charge in [0, 0.05) is 12.6 Å². The molecule has 2 aliphatic rings. The van der Waals surface area contributed by atoms with E-state index in [4.69, 9.17) is 5.73 Å². The van der Waals surface area contributed by atoms with E-state index in [0.717, 1.165) is 30.3 Å². The third kappa shape index (κ3) is 3.69. The van der Waals surface area contributed by atoms with Crippen molar-refractivity contribution in [2.45, 2.75) is 58.4 Å². The standard InChI is InChI=1S/C15H30N2/c1-3-8-17(11-13-5-6-13)15-9-12(2)4-7-14(15)10-16/h12-15H,3-11,16H2,1-2H3. The van der Waals surface area contributed by atoms with Gasteiger partial charge in [0.2, 0.25) is 0 Å². The predicted octanol–water partition coefficient (Wildman–Crippen LogP) is 2.87. The SMILES string of the molecule is CCCN(CC1CC1)C1CC(C)CCC1CN. The van der Waals surface area contributed by atoms with E-state index in [2.05, 4.69) is 18.7 Å². The molecule has 3 atom stereocenters. The summed E-state index contributed by atoms with van der Waals surface area (Å²) >= 11 is 0. The highest BCUT2D eigenvalue weighted by molar-refractivity contribution is 4.89. The Balaban J connectivity index is 1.96. The van der Waals surface area contributed by atoms with Gasteiger partial charge in [0.15, 0.2) is 0 Å². The lowest BCUT2D eigenvalue weighted by atomic mass is 9.78. The van der Waals surface area contributed by atoms with Crippen LogP contribution in [0.4, 0.5) is 0 Å². The molecule has 0 aromatic rings. The van der Waals surface area contributed by atoms with Crippen LogP contribution in [0.15, 0.2) is 0 Å². The Hall–Kier alpha value is -0.0800. The summed E-state index contributed by atoms with van der Waals surface area (Å²) in [6.45, 7) is 8.25. The van der Waals surface area contributed by atoms with Crippen LogP contribution in [0.25, 0.3) is 0 Å². The fourth-order valence-corrected chi connectivity index (χ4v) is 3.45. The molecule has 0 bridgehead atoms. The first-order valence-corrected chi connectivity index (χ1v) is 7.68. The van der Waals surface area contributed by atoms with Crippen LogP contribution in [0.3, 0.4) is 0 Å². The average Bonchev–Trinajstić information content (AvgIpc) is 3.12. The Labute approximate surface area is 107 Å². The van der Waals surface area contributed by atoms with Gasteiger partial charge in [-0.15, -0.1) is 0 Å². The van der Waals surface area contributed by atoms with Crippen LogP contribution in [0.2, 0.25) is 0 Å². The second-order valence-electron chi connectivity index (χ2n) is 6.42. The monoisotopic (exact) mass is 238 g/mol. The van der Waals surface area contributed by atoms with Crippen molar-refractivity contribution in [2.75, 3.05) is 19.6 Å². The highest BCUT2D eigenvalue weighted by Gasteiger charge is 2.34. The zero-order valence-electron chi connectivity index (χ0n) is 11.7. The lowest BCUT2D eigenvalue weighted by Gasteiger charge is -2.42. The van der Waals surface area contributed by atoms with Crippen LogP contribution in [0, 0.1) is 17.8 Å². The van der Waals surface area contributed by atoms with Crippen molar-refractivity contribution in [1.82, 2.24) is 4.90 Å². The van der Waals surface area contributed by atoms with Gasteiger partial charge in [-0.3, -0.25) is 4.90 Å². The van der Waals surface area contributed by atoms with Crippen LogP contribution < -0.4 is 5.73 Å². The van der Waals surface area contributed by atoms with Gasteiger partial charge in [-0.1, -0.05) is 20.3 Å². The summed E-state index contributed by atoms with van der Waals surface area (Å²) < 4.78 is 0. The zero-order chi connectivity index (χ0) is 12.3. The van der Waals surface area contributed by atoms with Gasteiger partial charge in [-0.2, -0.15) is 0 Å². The molecule has 2 heteroatoms. The van der Waals surface area contributed by atoms with E-state index >= 15 is 0 Å². The van der Waals surface area contributed by atoms with Crippen LogP contribution >= 0.6 is 0 Å². The number of hydrogen-bond acceptors (Lipinski definition) is 2. The Morgan fingerprint density at radius 2 is 1.94 bits per heavy atom. The van der Waals surface area contributed by atoms with E-state index < -0.39 is 0 Å². The van der Waals surface area contributed by atoms with E-state index in [0.29, 0.717) is 0 Å². The van der Waals surface area contributed by atoms with E-state index in [9.17, 15) is 0 Å². The first-order chi connectivity index (χ1) is 8.24. The fraction of sp³-hybridized carbons (Fsp3) is 1.00. The normalized spacial score (nSPS) is 34.2. The molecule has 2 rings (SSSR count). The summed E-state index contributed by atoms with van der Waals surface area (Å²) in [6.07, 6.45) is 8.35. The first kappa shape index (κ1) is 13.4. The minimum absolute atomic E-state index is 0.761. The second-order valence-corrected chi connectivity index (χ2v) is 6.42. The molecule has 17 heavy (non-hydrogen) atoms. The highest BCUT2D eigenvalue weighted by Crippen LogP contribution is 2.35. The minimum atomic E-state index is 0.761. The van der Waals surface area contributed by atoms with Gasteiger partial charge in [0.1, 0.15) is 0 Å². The number of nitrogens with two attached hydrogens (primary N) is 1. The van der Waals surface area contributed by atoms with Crippen molar-refractivity contribution in [3.8, 4) is 0 Å². The fourth-order valence-electron chi connectivity index (χ4n) is 3.45. The van der Waals surface area contributed by atoms with E-state index in [1.165, 1.54) is 51.6 Å². The maximum Gasteiger partial charge on any atom is 0.0138 e. The van der Waals surface area contributed by atoms with Gasteiger partial charge in [-0.25, -0.2) is 0 Å². The summed E-state index contributed by atoms with van der Waals surface area (Å²) in [5.74, 6) is 2.68. The van der Waals surface area contributed by atoms with Crippen LogP contribution in [-0.4, -0.2) is 30.6 Å². The van der Waals surface area contributed by atoms with Gasteiger partial charge in [0.05, 0.1) is 0 Å². The predicted molar refractivity (Wildman–Crippen MR) is 73.9 cm³/mol. The maximum absolute atomic E-state index is 5.99. The molecule has 0 aliphatic heterocycles. The molecule has 0 radical (unpaired) electrons. The topological polar surface area (TPSA) is 29.3 Å². The molecule has 0 spiro atoms. The third-order valence-electron chi connectivity index (χ3n) is 4.69. The summed E-state index contributed by atoms with van der Waals surface area (Å²) in [4.78, 5) is 2.78. The van der Waals surface area contributed by atoms with Crippen molar-refractivity contribution < 1.29 is 0 Å². The molecule has 0 amide bonds. The molecular weight excluding hydrogens is 208 g/mol. The molecule has 0 heterocycles. The number of nitrogens with zero attached hydrogens (tertiary/aromatic N) is 1. The number of rotatable bonds is 6. The number of hydrogen-bond donors (Lipinski definition) is 1. The Kier molecular flexibility index (Phi) is 4.87. The summed E-state index contributed by atoms with van der Waals surface area (Å²) in [5.41, 5.74) is 5.99. The lowest BCUT2D eigenvalue weighted by molar-refractivity contribution is 0.0816. The van der Waals surface area contributed by atoms with Crippen molar-refractivity contribution in [1.29, 1.82) is 0 Å². The molecule has 0 saturated heterocycles. The average molecular weight is 238 g/mol. The van der Waals surface area contributed by atoms with Gasteiger partial charge in [-0.05, 0) is 62.9 Å². The van der Waals surface area contributed by atoms with Crippen LogP contribution in [0.1, 0.15) is 52.4 Å². The van der Waals surface area contributed by atoms with Crippen molar-refractivity contribution >= 4 is 0 Å². The molecular formula is C15H30N2. The largest absolute Gasteiger partial charge is 0.330 e. The van der Waals surface area contributed by atoms with Crippen LogP contribution in [-0.2, 0) is 0 Å². The Morgan fingerprint density at radius 3 is 2.53 bits per heavy atom. The van der Waals surface area contributed by atoms with Crippen molar-refractivity contribution in [3.05, 3.63) is 0 Å². The van der Waals surface area contributed by atoms with Crippen molar-refractivity contribution in [3.63, 3.8) is 0 Å². The zero-order valence-corrected chi connectivity index (χ0v) is 11.7. The molecule has 0 aromatic carbocycles. The van der Waals surface area contributed by atoms with Gasteiger partial charge < -0.3 is 5.73 Å².